The van der Waals surface area contributed by atoms with Gasteiger partial charge in [0.1, 0.15) is 0 Å². The Balaban J connectivity index is 1.83. The molecule has 29 heavy (non-hydrogen) atoms. The first-order valence-electron chi connectivity index (χ1n) is 9.57. The molecule has 2 N–H and O–H groups in total. The minimum Gasteiger partial charge on any atom is -0.330 e. The Morgan fingerprint density at radius 2 is 2.00 bits per heavy atom. The maximum Gasteiger partial charge on any atom is 0.264 e. The van der Waals surface area contributed by atoms with Gasteiger partial charge in [-0.2, -0.15) is 4.31 Å². The molecule has 0 fully saturated rings. The quantitative estimate of drug-likeness (QED) is 0.705. The lowest BCUT2D eigenvalue weighted by atomic mass is 9.97. The Hall–Kier alpha value is -2.55. The Kier molecular flexibility index (Phi) is 5.02. The molecule has 1 aliphatic rings. The number of nitrogens with two attached hydrogens (primary N) is 1. The van der Waals surface area contributed by atoms with Gasteiger partial charge in [-0.15, -0.1) is 0 Å². The minimum atomic E-state index is -3.29. The molecular weight excluding hydrogens is 388 g/mol. The molecule has 0 atom stereocenters. The number of carbonyl (C=O) groups excluding carboxylic acids is 1. The third-order valence-corrected chi connectivity index (χ3v) is 6.89. The van der Waals surface area contributed by atoms with Crippen molar-refractivity contribution < 1.29 is 13.2 Å². The highest BCUT2D eigenvalue weighted by atomic mass is 32.2. The number of benzene rings is 1. The Morgan fingerprint density at radius 1 is 1.24 bits per heavy atom. The molecular formula is C21H24N4O3S. The first-order valence-corrected chi connectivity index (χ1v) is 11.4. The van der Waals surface area contributed by atoms with E-state index in [0.29, 0.717) is 31.5 Å². The second-order valence-electron chi connectivity index (χ2n) is 7.43. The second kappa shape index (κ2) is 7.37. The Morgan fingerprint density at radius 3 is 2.72 bits per heavy atom. The van der Waals surface area contributed by atoms with E-state index < -0.39 is 10.0 Å². The first-order chi connectivity index (χ1) is 13.8. The molecule has 1 aromatic carbocycles. The van der Waals surface area contributed by atoms with Crippen LogP contribution < -0.4 is 5.73 Å². The van der Waals surface area contributed by atoms with Gasteiger partial charge in [0.25, 0.3) is 5.91 Å². The molecule has 0 saturated heterocycles. The van der Waals surface area contributed by atoms with Crippen molar-refractivity contribution in [3.63, 3.8) is 0 Å². The van der Waals surface area contributed by atoms with E-state index in [2.05, 4.69) is 4.98 Å². The highest BCUT2D eigenvalue weighted by Gasteiger charge is 2.28. The van der Waals surface area contributed by atoms with Crippen molar-refractivity contribution >= 4 is 26.8 Å². The van der Waals surface area contributed by atoms with E-state index in [1.807, 2.05) is 31.2 Å². The zero-order chi connectivity index (χ0) is 20.8. The van der Waals surface area contributed by atoms with Crippen LogP contribution >= 0.6 is 0 Å². The monoisotopic (exact) mass is 412 g/mol. The summed E-state index contributed by atoms with van der Waals surface area (Å²) in [7, 11) is -3.29. The van der Waals surface area contributed by atoms with Crippen molar-refractivity contribution in [1.82, 2.24) is 13.9 Å². The van der Waals surface area contributed by atoms with Crippen LogP contribution in [0.5, 0.6) is 0 Å². The lowest BCUT2D eigenvalue weighted by Gasteiger charge is -2.27. The molecule has 0 radical (unpaired) electrons. The predicted octanol–water partition coefficient (Wildman–Crippen LogP) is 1.85. The fourth-order valence-corrected chi connectivity index (χ4v) is 5.01. The Labute approximate surface area is 170 Å². The van der Waals surface area contributed by atoms with Gasteiger partial charge >= 0.3 is 0 Å². The van der Waals surface area contributed by atoms with E-state index in [0.717, 1.165) is 33.3 Å². The van der Waals surface area contributed by atoms with Crippen LogP contribution in [0.1, 0.15) is 32.7 Å². The van der Waals surface area contributed by atoms with Crippen LogP contribution in [0.2, 0.25) is 0 Å². The number of pyridine rings is 1. The molecule has 0 aliphatic carbocycles. The number of para-hydroxylation sites is 1. The summed E-state index contributed by atoms with van der Waals surface area (Å²) in [6, 6.07) is 7.83. The van der Waals surface area contributed by atoms with Crippen LogP contribution in [0.25, 0.3) is 10.9 Å². The van der Waals surface area contributed by atoms with E-state index in [4.69, 9.17) is 5.73 Å². The van der Waals surface area contributed by atoms with Crippen molar-refractivity contribution in [3.05, 3.63) is 64.6 Å². The van der Waals surface area contributed by atoms with Gasteiger partial charge in [0, 0.05) is 36.6 Å². The number of hydrogen-bond donors (Lipinski definition) is 1. The molecule has 7 nitrogen and oxygen atoms in total. The second-order valence-corrected chi connectivity index (χ2v) is 9.41. The van der Waals surface area contributed by atoms with Crippen LogP contribution in [-0.4, -0.2) is 47.5 Å². The maximum atomic E-state index is 13.6. The number of rotatable bonds is 4. The molecule has 3 heterocycles. The van der Waals surface area contributed by atoms with Crippen molar-refractivity contribution in [1.29, 1.82) is 0 Å². The number of nitrogens with zero attached hydrogens (tertiary/aromatic N) is 3. The number of aromatic nitrogens is 2. The zero-order valence-electron chi connectivity index (χ0n) is 16.6. The summed E-state index contributed by atoms with van der Waals surface area (Å²) in [5, 5.41) is 1.03. The molecule has 0 saturated carbocycles. The molecule has 1 aliphatic heterocycles. The number of sulfonamides is 1. The van der Waals surface area contributed by atoms with Gasteiger partial charge in [-0.05, 0) is 49.1 Å². The van der Waals surface area contributed by atoms with Crippen molar-refractivity contribution in [2.24, 2.45) is 5.73 Å². The third-order valence-electron chi connectivity index (χ3n) is 5.64. The number of fused-ring (bicyclic) bond motifs is 2. The van der Waals surface area contributed by atoms with E-state index in [1.54, 1.807) is 17.0 Å². The summed E-state index contributed by atoms with van der Waals surface area (Å²) in [5.41, 5.74) is 10.8. The Bertz CT molecular complexity index is 1210. The number of hydrogen-bond acceptors (Lipinski definition) is 5. The highest BCUT2D eigenvalue weighted by Crippen LogP contribution is 2.29. The summed E-state index contributed by atoms with van der Waals surface area (Å²) in [6.45, 7) is 3.05. The topological polar surface area (TPSA) is 98.3 Å². The lowest BCUT2D eigenvalue weighted by Crippen LogP contribution is -2.36. The van der Waals surface area contributed by atoms with Crippen LogP contribution in [0.4, 0.5) is 0 Å². The fraction of sp³-hybridized carbons (Fsp3) is 0.333. The zero-order valence-corrected chi connectivity index (χ0v) is 17.4. The lowest BCUT2D eigenvalue weighted by molar-refractivity contribution is 0.0961. The molecule has 8 heteroatoms. The fourth-order valence-electron chi connectivity index (χ4n) is 4.21. The molecule has 2 aromatic heterocycles. The van der Waals surface area contributed by atoms with Crippen molar-refractivity contribution in [2.75, 3.05) is 19.3 Å². The average molecular weight is 413 g/mol. The van der Waals surface area contributed by atoms with E-state index in [1.165, 1.54) is 10.6 Å². The van der Waals surface area contributed by atoms with Crippen LogP contribution in [0.15, 0.2) is 36.7 Å². The summed E-state index contributed by atoms with van der Waals surface area (Å²) in [6.07, 6.45) is 5.63. The normalized spacial score (nSPS) is 14.9. The van der Waals surface area contributed by atoms with Gasteiger partial charge < -0.3 is 5.73 Å². The molecule has 0 bridgehead atoms. The molecule has 0 amide bonds. The average Bonchev–Trinajstić information content (AvgIpc) is 2.98. The van der Waals surface area contributed by atoms with Gasteiger partial charge in [-0.1, -0.05) is 18.2 Å². The molecule has 3 aromatic rings. The first kappa shape index (κ1) is 19.8. The third kappa shape index (κ3) is 3.37. The maximum absolute atomic E-state index is 13.6. The highest BCUT2D eigenvalue weighted by molar-refractivity contribution is 7.88. The van der Waals surface area contributed by atoms with Gasteiger partial charge in [0.05, 0.1) is 17.3 Å². The van der Waals surface area contributed by atoms with Crippen LogP contribution in [-0.2, 0) is 29.4 Å². The summed E-state index contributed by atoms with van der Waals surface area (Å²) >= 11 is 0. The molecule has 0 spiro atoms. The van der Waals surface area contributed by atoms with Crippen molar-refractivity contribution in [3.8, 4) is 0 Å². The van der Waals surface area contributed by atoms with Gasteiger partial charge in [0.15, 0.2) is 0 Å². The van der Waals surface area contributed by atoms with Crippen LogP contribution in [0.3, 0.4) is 0 Å². The van der Waals surface area contributed by atoms with Gasteiger partial charge in [0.2, 0.25) is 10.0 Å². The standard InChI is InChI=1S/C21H24N4O3S/c1-14-16(7-9-22)18-5-3-4-6-20(18)25(14)21(26)19-12-23-11-15-13-24(29(2,27)28)10-8-17(15)19/h3-6,11-12H,7-10,13,22H2,1-2H3. The molecule has 4 rings (SSSR count). The summed E-state index contributed by atoms with van der Waals surface area (Å²) in [5.74, 6) is -0.140. The molecule has 0 unspecified atom stereocenters. The number of carbonyl (C=O) groups is 1. The van der Waals surface area contributed by atoms with E-state index in [9.17, 15) is 13.2 Å². The van der Waals surface area contributed by atoms with Crippen LogP contribution in [0, 0.1) is 6.92 Å². The van der Waals surface area contributed by atoms with Gasteiger partial charge in [-0.25, -0.2) is 8.42 Å². The SMILES string of the molecule is Cc1c(CCN)c2ccccc2n1C(=O)c1cncc2c1CCN(S(C)(=O)=O)C2. The van der Waals surface area contributed by atoms with E-state index in [-0.39, 0.29) is 12.5 Å². The van der Waals surface area contributed by atoms with Crippen molar-refractivity contribution in [2.45, 2.75) is 26.3 Å². The summed E-state index contributed by atoms with van der Waals surface area (Å²) in [4.78, 5) is 17.8. The smallest absolute Gasteiger partial charge is 0.264 e. The van der Waals surface area contributed by atoms with E-state index >= 15 is 0 Å². The largest absolute Gasteiger partial charge is 0.330 e. The predicted molar refractivity (Wildman–Crippen MR) is 112 cm³/mol. The van der Waals surface area contributed by atoms with Gasteiger partial charge in [-0.3, -0.25) is 14.3 Å². The molecule has 152 valence electrons. The summed E-state index contributed by atoms with van der Waals surface area (Å²) < 4.78 is 27.0. The minimum absolute atomic E-state index is 0.140.